The maximum absolute atomic E-state index is 5.85. The molecule has 0 aromatic heterocycles. The highest BCUT2D eigenvalue weighted by Gasteiger charge is 2.33. The predicted octanol–water partition coefficient (Wildman–Crippen LogP) is 1.12. The Morgan fingerprint density at radius 2 is 1.90 bits per heavy atom. The molecule has 0 spiro atoms. The molecule has 2 atom stereocenters. The first kappa shape index (κ1) is 6.62. The molecule has 0 aromatic rings. The molecule has 2 nitrogen and oxygen atoms in total. The van der Waals surface area contributed by atoms with Crippen molar-refractivity contribution in [2.24, 2.45) is 11.8 Å². The summed E-state index contributed by atoms with van der Waals surface area (Å²) in [6, 6.07) is 0.744. The van der Waals surface area contributed by atoms with Crippen LogP contribution in [0.3, 0.4) is 0 Å². The second kappa shape index (κ2) is 2.51. The maximum atomic E-state index is 5.85. The second-order valence-electron chi connectivity index (χ2n) is 3.64. The summed E-state index contributed by atoms with van der Waals surface area (Å²) in [5, 5.41) is 2.07. The quantitative estimate of drug-likeness (QED) is 0.511. The summed E-state index contributed by atoms with van der Waals surface area (Å²) in [7, 11) is 0. The molecule has 1 aliphatic heterocycles. The van der Waals surface area contributed by atoms with E-state index in [0.29, 0.717) is 0 Å². The fourth-order valence-electron chi connectivity index (χ4n) is 2.49. The molecule has 1 saturated carbocycles. The van der Waals surface area contributed by atoms with Gasteiger partial charge in [0.1, 0.15) is 0 Å². The zero-order valence-electron chi connectivity index (χ0n) is 6.42. The second-order valence-corrected chi connectivity index (χ2v) is 3.64. The molecule has 0 bridgehead atoms. The number of hydrazine groups is 1. The van der Waals surface area contributed by atoms with Crippen molar-refractivity contribution in [3.63, 3.8) is 0 Å². The summed E-state index contributed by atoms with van der Waals surface area (Å²) < 4.78 is 0. The number of nitrogens with zero attached hydrogens (tertiary/aromatic N) is 1. The summed E-state index contributed by atoms with van der Waals surface area (Å²) in [6.07, 6.45) is 6.93. The van der Waals surface area contributed by atoms with E-state index in [0.717, 1.165) is 18.5 Å². The van der Waals surface area contributed by atoms with Crippen molar-refractivity contribution in [2.75, 3.05) is 6.54 Å². The first-order valence-electron chi connectivity index (χ1n) is 4.39. The van der Waals surface area contributed by atoms with Crippen molar-refractivity contribution < 1.29 is 0 Å². The van der Waals surface area contributed by atoms with Crippen molar-refractivity contribution in [3.8, 4) is 0 Å². The summed E-state index contributed by atoms with van der Waals surface area (Å²) in [4.78, 5) is 0. The standard InChI is InChI=1S/C8H16N2/c9-10-6-2-4-7-3-1-5-8(7)10/h7-8H,1-6,9H2. The number of hydrogen-bond acceptors (Lipinski definition) is 2. The molecule has 0 aromatic carbocycles. The first-order chi connectivity index (χ1) is 4.88. The molecule has 0 radical (unpaired) electrons. The van der Waals surface area contributed by atoms with Gasteiger partial charge in [0.2, 0.25) is 0 Å². The number of fused-ring (bicyclic) bond motifs is 1. The van der Waals surface area contributed by atoms with Crippen molar-refractivity contribution in [1.29, 1.82) is 0 Å². The molecule has 58 valence electrons. The van der Waals surface area contributed by atoms with Crippen molar-refractivity contribution in [2.45, 2.75) is 38.1 Å². The van der Waals surface area contributed by atoms with Crippen LogP contribution in [0, 0.1) is 5.92 Å². The third kappa shape index (κ3) is 0.956. The zero-order chi connectivity index (χ0) is 6.97. The number of nitrogens with two attached hydrogens (primary N) is 1. The highest BCUT2D eigenvalue weighted by molar-refractivity contribution is 4.86. The molecular formula is C8H16N2. The van der Waals surface area contributed by atoms with Crippen LogP contribution in [0.1, 0.15) is 32.1 Å². The van der Waals surface area contributed by atoms with Crippen LogP contribution in [0.2, 0.25) is 0 Å². The third-order valence-electron chi connectivity index (χ3n) is 3.04. The normalized spacial score (nSPS) is 41.7. The molecule has 1 heterocycles. The summed E-state index contributed by atoms with van der Waals surface area (Å²) >= 11 is 0. The van der Waals surface area contributed by atoms with Crippen LogP contribution in [-0.2, 0) is 0 Å². The Kier molecular flexibility index (Phi) is 1.66. The Bertz CT molecular complexity index is 124. The lowest BCUT2D eigenvalue weighted by Crippen LogP contribution is -2.46. The molecule has 2 heteroatoms. The molecule has 0 amide bonds. The third-order valence-corrected chi connectivity index (χ3v) is 3.04. The average molecular weight is 140 g/mol. The first-order valence-corrected chi connectivity index (χ1v) is 4.39. The predicted molar refractivity (Wildman–Crippen MR) is 41.3 cm³/mol. The van der Waals surface area contributed by atoms with Crippen molar-refractivity contribution in [1.82, 2.24) is 5.01 Å². The molecule has 2 aliphatic rings. The number of rotatable bonds is 0. The van der Waals surface area contributed by atoms with E-state index in [4.69, 9.17) is 5.84 Å². The Morgan fingerprint density at radius 1 is 1.10 bits per heavy atom. The SMILES string of the molecule is NN1CCCC2CCCC21. The van der Waals surface area contributed by atoms with Gasteiger partial charge in [-0.1, -0.05) is 6.42 Å². The lowest BCUT2D eigenvalue weighted by molar-refractivity contribution is 0.115. The summed E-state index contributed by atoms with van der Waals surface area (Å²) in [5.41, 5.74) is 0. The van der Waals surface area contributed by atoms with Crippen molar-refractivity contribution >= 4 is 0 Å². The van der Waals surface area contributed by atoms with Gasteiger partial charge in [-0.25, -0.2) is 5.01 Å². The minimum atomic E-state index is 0.744. The zero-order valence-corrected chi connectivity index (χ0v) is 6.42. The van der Waals surface area contributed by atoms with Crippen molar-refractivity contribution in [3.05, 3.63) is 0 Å². The van der Waals surface area contributed by atoms with E-state index in [1.165, 1.54) is 32.1 Å². The van der Waals surface area contributed by atoms with Gasteiger partial charge in [0.15, 0.2) is 0 Å². The lowest BCUT2D eigenvalue weighted by Gasteiger charge is -2.33. The Hall–Kier alpha value is -0.0800. The van der Waals surface area contributed by atoms with Crippen LogP contribution in [0.4, 0.5) is 0 Å². The molecule has 1 aliphatic carbocycles. The number of piperidine rings is 1. The van der Waals surface area contributed by atoms with Crippen LogP contribution >= 0.6 is 0 Å². The highest BCUT2D eigenvalue weighted by Crippen LogP contribution is 2.34. The van der Waals surface area contributed by atoms with Gasteiger partial charge in [-0.3, -0.25) is 5.84 Å². The fraction of sp³-hybridized carbons (Fsp3) is 1.00. The molecular weight excluding hydrogens is 124 g/mol. The van der Waals surface area contributed by atoms with Crippen LogP contribution in [0.5, 0.6) is 0 Å². The van der Waals surface area contributed by atoms with Gasteiger partial charge in [-0.2, -0.15) is 0 Å². The fourth-order valence-corrected chi connectivity index (χ4v) is 2.49. The largest absolute Gasteiger partial charge is 0.269 e. The van der Waals surface area contributed by atoms with E-state index in [1.807, 2.05) is 0 Å². The monoisotopic (exact) mass is 140 g/mol. The van der Waals surface area contributed by atoms with Gasteiger partial charge >= 0.3 is 0 Å². The van der Waals surface area contributed by atoms with Gasteiger partial charge in [-0.05, 0) is 31.6 Å². The van der Waals surface area contributed by atoms with E-state index >= 15 is 0 Å². The van der Waals surface area contributed by atoms with Gasteiger partial charge in [0, 0.05) is 12.6 Å². The minimum Gasteiger partial charge on any atom is -0.269 e. The van der Waals surface area contributed by atoms with E-state index in [1.54, 1.807) is 0 Å². The summed E-state index contributed by atoms with van der Waals surface area (Å²) in [5.74, 6) is 6.80. The topological polar surface area (TPSA) is 29.3 Å². The van der Waals surface area contributed by atoms with Crippen LogP contribution in [0.25, 0.3) is 0 Å². The summed E-state index contributed by atoms with van der Waals surface area (Å²) in [6.45, 7) is 1.13. The molecule has 2 unspecified atom stereocenters. The minimum absolute atomic E-state index is 0.744. The van der Waals surface area contributed by atoms with Gasteiger partial charge in [0.25, 0.3) is 0 Å². The molecule has 10 heavy (non-hydrogen) atoms. The smallest absolute Gasteiger partial charge is 0.0269 e. The lowest BCUT2D eigenvalue weighted by atomic mass is 9.93. The molecule has 2 rings (SSSR count). The Labute approximate surface area is 62.4 Å². The van der Waals surface area contributed by atoms with E-state index in [2.05, 4.69) is 5.01 Å². The van der Waals surface area contributed by atoms with Crippen LogP contribution in [-0.4, -0.2) is 17.6 Å². The number of hydrogen-bond donors (Lipinski definition) is 1. The Balaban J connectivity index is 2.03. The van der Waals surface area contributed by atoms with E-state index in [9.17, 15) is 0 Å². The van der Waals surface area contributed by atoms with Gasteiger partial charge in [0.05, 0.1) is 0 Å². The molecule has 1 saturated heterocycles. The molecule has 2 fully saturated rings. The van der Waals surface area contributed by atoms with Gasteiger partial charge in [-0.15, -0.1) is 0 Å². The average Bonchev–Trinajstić information content (AvgIpc) is 2.36. The van der Waals surface area contributed by atoms with Gasteiger partial charge < -0.3 is 0 Å². The van der Waals surface area contributed by atoms with E-state index < -0.39 is 0 Å². The Morgan fingerprint density at radius 3 is 2.70 bits per heavy atom. The van der Waals surface area contributed by atoms with Crippen LogP contribution < -0.4 is 5.84 Å². The highest BCUT2D eigenvalue weighted by atomic mass is 15.4. The molecule has 2 N–H and O–H groups in total. The van der Waals surface area contributed by atoms with E-state index in [-0.39, 0.29) is 0 Å². The van der Waals surface area contributed by atoms with Crippen LogP contribution in [0.15, 0.2) is 0 Å². The maximum Gasteiger partial charge on any atom is 0.0269 e.